The summed E-state index contributed by atoms with van der Waals surface area (Å²) in [5, 5.41) is 3.89. The van der Waals surface area contributed by atoms with Gasteiger partial charge in [-0.1, -0.05) is 5.16 Å². The third kappa shape index (κ3) is 2.12. The van der Waals surface area contributed by atoms with Crippen molar-refractivity contribution in [2.75, 3.05) is 7.11 Å². The molecule has 1 saturated carbocycles. The number of hydrogen-bond acceptors (Lipinski definition) is 5. The smallest absolute Gasteiger partial charge is 0.259 e. The zero-order valence-electron chi connectivity index (χ0n) is 10.8. The first-order chi connectivity index (χ1) is 9.13. The maximum absolute atomic E-state index is 12.8. The Labute approximate surface area is 109 Å². The van der Waals surface area contributed by atoms with Gasteiger partial charge in [-0.15, -0.1) is 0 Å². The first kappa shape index (κ1) is 12.2. The molecule has 5 nitrogen and oxygen atoms in total. The third-order valence-corrected chi connectivity index (χ3v) is 3.59. The zero-order chi connectivity index (χ0) is 13.5. The lowest BCUT2D eigenvalue weighted by Gasteiger charge is -2.22. The van der Waals surface area contributed by atoms with Crippen LogP contribution in [-0.2, 0) is 10.3 Å². The van der Waals surface area contributed by atoms with Crippen molar-refractivity contribution in [2.45, 2.75) is 25.4 Å². The number of methoxy groups -OCH3 is 1. The Bertz CT molecular complexity index is 580. The van der Waals surface area contributed by atoms with E-state index in [1.807, 2.05) is 6.92 Å². The molecule has 0 bridgehead atoms. The van der Waals surface area contributed by atoms with Gasteiger partial charge in [-0.2, -0.15) is 4.98 Å². The van der Waals surface area contributed by atoms with Gasteiger partial charge in [0.1, 0.15) is 17.1 Å². The third-order valence-electron chi connectivity index (χ3n) is 3.59. The van der Waals surface area contributed by atoms with Crippen LogP contribution < -0.4 is 0 Å². The highest BCUT2D eigenvalue weighted by Crippen LogP contribution is 2.47. The number of aromatic nitrogens is 3. The maximum Gasteiger partial charge on any atom is 0.259 e. The molecule has 1 atom stereocenters. The van der Waals surface area contributed by atoms with Crippen LogP contribution in [0.15, 0.2) is 22.9 Å². The number of hydrogen-bond donors (Lipinski definition) is 0. The number of pyridine rings is 1. The molecule has 3 rings (SSSR count). The van der Waals surface area contributed by atoms with E-state index in [9.17, 15) is 4.39 Å². The monoisotopic (exact) mass is 263 g/mol. The predicted molar refractivity (Wildman–Crippen MR) is 64.6 cm³/mol. The average molecular weight is 263 g/mol. The van der Waals surface area contributed by atoms with E-state index in [2.05, 4.69) is 15.1 Å². The second kappa shape index (κ2) is 4.38. The minimum absolute atomic E-state index is 0.346. The Morgan fingerprint density at radius 3 is 2.79 bits per heavy atom. The lowest BCUT2D eigenvalue weighted by molar-refractivity contribution is -0.0429. The molecule has 0 aliphatic heterocycles. The molecule has 2 aromatic heterocycles. The first-order valence-electron chi connectivity index (χ1n) is 6.15. The van der Waals surface area contributed by atoms with E-state index in [0.717, 1.165) is 19.0 Å². The molecule has 19 heavy (non-hydrogen) atoms. The minimum atomic E-state index is -0.550. The summed E-state index contributed by atoms with van der Waals surface area (Å²) in [6, 6.07) is 2.83. The van der Waals surface area contributed by atoms with Crippen LogP contribution in [0.5, 0.6) is 0 Å². The van der Waals surface area contributed by atoms with Crippen LogP contribution in [0.25, 0.3) is 11.5 Å². The van der Waals surface area contributed by atoms with Crippen molar-refractivity contribution < 1.29 is 13.7 Å². The summed E-state index contributed by atoms with van der Waals surface area (Å²) >= 11 is 0. The van der Waals surface area contributed by atoms with Crippen molar-refractivity contribution >= 4 is 0 Å². The summed E-state index contributed by atoms with van der Waals surface area (Å²) < 4.78 is 23.6. The summed E-state index contributed by atoms with van der Waals surface area (Å²) in [4.78, 5) is 8.26. The van der Waals surface area contributed by atoms with Crippen molar-refractivity contribution in [3.05, 3.63) is 30.0 Å². The van der Waals surface area contributed by atoms with Crippen LogP contribution >= 0.6 is 0 Å². The molecule has 1 aliphatic rings. The SMILES string of the molecule is COC(C)(c1nc(-c2ccc(F)cn2)no1)C1CC1. The number of halogens is 1. The Morgan fingerprint density at radius 2 is 2.21 bits per heavy atom. The molecule has 1 fully saturated rings. The molecule has 0 aromatic carbocycles. The fourth-order valence-electron chi connectivity index (χ4n) is 2.10. The van der Waals surface area contributed by atoms with Gasteiger partial charge in [-0.25, -0.2) is 9.37 Å². The largest absolute Gasteiger partial charge is 0.368 e. The number of rotatable bonds is 4. The van der Waals surface area contributed by atoms with Crippen molar-refractivity contribution in [1.29, 1.82) is 0 Å². The van der Waals surface area contributed by atoms with E-state index in [-0.39, 0.29) is 0 Å². The Hall–Kier alpha value is -1.82. The standard InChI is InChI=1S/C13H14FN3O2/c1-13(18-2,8-3-4-8)12-16-11(17-19-12)10-6-5-9(14)7-15-10/h5-8H,3-4H2,1-2H3. The second-order valence-electron chi connectivity index (χ2n) is 4.87. The Kier molecular flexibility index (Phi) is 2.82. The molecule has 6 heteroatoms. The highest BCUT2D eigenvalue weighted by molar-refractivity contribution is 5.47. The summed E-state index contributed by atoms with van der Waals surface area (Å²) in [7, 11) is 1.64. The fraction of sp³-hybridized carbons (Fsp3) is 0.462. The van der Waals surface area contributed by atoms with E-state index in [4.69, 9.17) is 9.26 Å². The molecule has 0 radical (unpaired) electrons. The average Bonchev–Trinajstić information content (AvgIpc) is 3.17. The van der Waals surface area contributed by atoms with Crippen LogP contribution in [0.1, 0.15) is 25.7 Å². The van der Waals surface area contributed by atoms with Crippen LogP contribution in [0, 0.1) is 11.7 Å². The molecular formula is C13H14FN3O2. The molecule has 100 valence electrons. The van der Waals surface area contributed by atoms with Crippen LogP contribution in [0.2, 0.25) is 0 Å². The van der Waals surface area contributed by atoms with Crippen LogP contribution in [0.4, 0.5) is 4.39 Å². The van der Waals surface area contributed by atoms with Gasteiger partial charge in [0, 0.05) is 7.11 Å². The van der Waals surface area contributed by atoms with Gasteiger partial charge in [-0.3, -0.25) is 0 Å². The number of nitrogens with zero attached hydrogens (tertiary/aromatic N) is 3. The van der Waals surface area contributed by atoms with Crippen molar-refractivity contribution in [2.24, 2.45) is 5.92 Å². The lowest BCUT2D eigenvalue weighted by atomic mass is 10.0. The molecule has 0 N–H and O–H groups in total. The van der Waals surface area contributed by atoms with Crippen molar-refractivity contribution in [3.63, 3.8) is 0 Å². The minimum Gasteiger partial charge on any atom is -0.368 e. The van der Waals surface area contributed by atoms with Gasteiger partial charge < -0.3 is 9.26 Å². The highest BCUT2D eigenvalue weighted by Gasteiger charge is 2.47. The first-order valence-corrected chi connectivity index (χ1v) is 6.15. The van der Waals surface area contributed by atoms with Crippen LogP contribution in [0.3, 0.4) is 0 Å². The van der Waals surface area contributed by atoms with E-state index in [1.54, 1.807) is 7.11 Å². The summed E-state index contributed by atoms with van der Waals surface area (Å²) in [5.41, 5.74) is -0.0729. The molecule has 0 spiro atoms. The molecule has 1 unspecified atom stereocenters. The van der Waals surface area contributed by atoms with Gasteiger partial charge in [-0.05, 0) is 37.8 Å². The van der Waals surface area contributed by atoms with E-state index in [1.165, 1.54) is 12.1 Å². The van der Waals surface area contributed by atoms with Gasteiger partial charge in [0.25, 0.3) is 5.89 Å². The summed E-state index contributed by atoms with van der Waals surface area (Å²) in [5.74, 6) is 0.803. The molecule has 0 saturated heterocycles. The van der Waals surface area contributed by atoms with Gasteiger partial charge in [0.2, 0.25) is 5.82 Å². The summed E-state index contributed by atoms with van der Waals surface area (Å²) in [6.45, 7) is 1.94. The molecule has 2 aromatic rings. The van der Waals surface area contributed by atoms with Crippen LogP contribution in [-0.4, -0.2) is 22.2 Å². The van der Waals surface area contributed by atoms with E-state index < -0.39 is 11.4 Å². The highest BCUT2D eigenvalue weighted by atomic mass is 19.1. The molecular weight excluding hydrogens is 249 g/mol. The van der Waals surface area contributed by atoms with Crippen molar-refractivity contribution in [1.82, 2.24) is 15.1 Å². The normalized spacial score (nSPS) is 18.3. The Balaban J connectivity index is 1.92. The number of ether oxygens (including phenoxy) is 1. The quantitative estimate of drug-likeness (QED) is 0.848. The van der Waals surface area contributed by atoms with Gasteiger partial charge in [0.05, 0.1) is 6.20 Å². The zero-order valence-corrected chi connectivity index (χ0v) is 10.8. The van der Waals surface area contributed by atoms with E-state index in [0.29, 0.717) is 23.3 Å². The Morgan fingerprint density at radius 1 is 1.42 bits per heavy atom. The molecule has 1 aliphatic carbocycles. The second-order valence-corrected chi connectivity index (χ2v) is 4.87. The molecule has 2 heterocycles. The van der Waals surface area contributed by atoms with Gasteiger partial charge in [0.15, 0.2) is 0 Å². The van der Waals surface area contributed by atoms with Gasteiger partial charge >= 0.3 is 0 Å². The molecule has 0 amide bonds. The summed E-state index contributed by atoms with van der Waals surface area (Å²) in [6.07, 6.45) is 3.31. The van der Waals surface area contributed by atoms with E-state index >= 15 is 0 Å². The topological polar surface area (TPSA) is 61.0 Å². The van der Waals surface area contributed by atoms with Crippen molar-refractivity contribution in [3.8, 4) is 11.5 Å². The predicted octanol–water partition coefficient (Wildman–Crippen LogP) is 2.54. The maximum atomic E-state index is 12.8. The lowest BCUT2D eigenvalue weighted by Crippen LogP contribution is -2.27. The fourth-order valence-corrected chi connectivity index (χ4v) is 2.10.